The van der Waals surface area contributed by atoms with E-state index in [4.69, 9.17) is 9.47 Å². The molecule has 0 radical (unpaired) electrons. The summed E-state index contributed by atoms with van der Waals surface area (Å²) in [5, 5.41) is 5.60. The Morgan fingerprint density at radius 1 is 1.25 bits per heavy atom. The fraction of sp³-hybridized carbons (Fsp3) is 0.333. The van der Waals surface area contributed by atoms with Crippen molar-refractivity contribution in [1.29, 1.82) is 0 Å². The Morgan fingerprint density at radius 2 is 2.05 bits per heavy atom. The van der Waals surface area contributed by atoms with Crippen molar-refractivity contribution in [3.8, 4) is 11.5 Å². The minimum Gasteiger partial charge on any atom is -0.497 e. The van der Waals surface area contributed by atoms with Crippen LogP contribution >= 0.6 is 27.3 Å². The Bertz CT molecular complexity index is 571. The van der Waals surface area contributed by atoms with Crippen molar-refractivity contribution in [1.82, 2.24) is 5.32 Å². The average Bonchev–Trinajstić information content (AvgIpc) is 2.90. The van der Waals surface area contributed by atoms with Gasteiger partial charge in [-0.2, -0.15) is 0 Å². The molecule has 108 valence electrons. The minimum absolute atomic E-state index is 0.0985. The molecular weight excluding hydrogens is 338 g/mol. The van der Waals surface area contributed by atoms with Crippen molar-refractivity contribution in [2.24, 2.45) is 0 Å². The van der Waals surface area contributed by atoms with Crippen LogP contribution in [0.3, 0.4) is 0 Å². The maximum absolute atomic E-state index is 5.50. The van der Waals surface area contributed by atoms with Gasteiger partial charge in [0, 0.05) is 20.3 Å². The van der Waals surface area contributed by atoms with E-state index < -0.39 is 0 Å². The van der Waals surface area contributed by atoms with Gasteiger partial charge >= 0.3 is 0 Å². The molecule has 0 aliphatic carbocycles. The summed E-state index contributed by atoms with van der Waals surface area (Å²) >= 11 is 5.23. The summed E-state index contributed by atoms with van der Waals surface area (Å²) in [4.78, 5) is 1.24. The molecule has 20 heavy (non-hydrogen) atoms. The van der Waals surface area contributed by atoms with Gasteiger partial charge < -0.3 is 14.8 Å². The Morgan fingerprint density at radius 3 is 2.60 bits per heavy atom. The van der Waals surface area contributed by atoms with Crippen LogP contribution in [0.15, 0.2) is 34.1 Å². The lowest BCUT2D eigenvalue weighted by atomic mass is 10.0. The summed E-state index contributed by atoms with van der Waals surface area (Å²) < 4.78 is 11.9. The van der Waals surface area contributed by atoms with Crippen LogP contribution in [-0.4, -0.2) is 20.8 Å². The second kappa shape index (κ2) is 7.11. The highest BCUT2D eigenvalue weighted by atomic mass is 79.9. The monoisotopic (exact) mass is 355 g/mol. The van der Waals surface area contributed by atoms with E-state index in [1.54, 1.807) is 25.6 Å². The number of rotatable bonds is 6. The molecule has 0 amide bonds. The molecule has 3 nitrogen and oxygen atoms in total. The fourth-order valence-electron chi connectivity index (χ4n) is 2.11. The first-order valence-electron chi connectivity index (χ1n) is 6.38. The third kappa shape index (κ3) is 3.34. The Labute approximate surface area is 132 Å². The predicted molar refractivity (Wildman–Crippen MR) is 87.1 cm³/mol. The number of hydrogen-bond acceptors (Lipinski definition) is 4. The van der Waals surface area contributed by atoms with Crippen molar-refractivity contribution >= 4 is 27.3 Å². The smallest absolute Gasteiger partial charge is 0.124 e. The van der Waals surface area contributed by atoms with Gasteiger partial charge in [-0.25, -0.2) is 0 Å². The summed E-state index contributed by atoms with van der Waals surface area (Å²) in [6, 6.07) is 8.12. The molecule has 0 saturated carbocycles. The van der Waals surface area contributed by atoms with Gasteiger partial charge in [0.25, 0.3) is 0 Å². The zero-order chi connectivity index (χ0) is 14.5. The van der Waals surface area contributed by atoms with Gasteiger partial charge in [-0.1, -0.05) is 6.92 Å². The molecule has 0 spiro atoms. The summed E-state index contributed by atoms with van der Waals surface area (Å²) in [5.41, 5.74) is 1.09. The number of methoxy groups -OCH3 is 2. The van der Waals surface area contributed by atoms with Crippen molar-refractivity contribution in [3.63, 3.8) is 0 Å². The SMILES string of the molecule is CCNC(c1cc(Br)cs1)c1cc(OC)ccc1OC. The summed E-state index contributed by atoms with van der Waals surface area (Å²) in [5.74, 6) is 1.69. The molecule has 2 aromatic rings. The highest BCUT2D eigenvalue weighted by Gasteiger charge is 2.20. The molecule has 1 unspecified atom stereocenters. The first-order valence-corrected chi connectivity index (χ1v) is 8.06. The second-order valence-corrected chi connectivity index (χ2v) is 6.12. The second-order valence-electron chi connectivity index (χ2n) is 4.27. The molecule has 1 aromatic carbocycles. The van der Waals surface area contributed by atoms with Crippen molar-refractivity contribution < 1.29 is 9.47 Å². The van der Waals surface area contributed by atoms with Gasteiger partial charge in [0.15, 0.2) is 0 Å². The maximum atomic E-state index is 5.50. The number of halogens is 1. The van der Waals surface area contributed by atoms with Gasteiger partial charge in [0.1, 0.15) is 11.5 Å². The summed E-state index contributed by atoms with van der Waals surface area (Å²) in [6.07, 6.45) is 0. The van der Waals surface area contributed by atoms with Crippen LogP contribution in [-0.2, 0) is 0 Å². The highest BCUT2D eigenvalue weighted by Crippen LogP contribution is 2.36. The molecule has 0 aliphatic rings. The van der Waals surface area contributed by atoms with Crippen LogP contribution in [0, 0.1) is 0 Å². The zero-order valence-electron chi connectivity index (χ0n) is 11.8. The van der Waals surface area contributed by atoms with Gasteiger partial charge in [-0.15, -0.1) is 11.3 Å². The van der Waals surface area contributed by atoms with E-state index in [2.05, 4.69) is 39.6 Å². The van der Waals surface area contributed by atoms with Crippen molar-refractivity contribution in [2.75, 3.05) is 20.8 Å². The van der Waals surface area contributed by atoms with Crippen molar-refractivity contribution in [3.05, 3.63) is 44.6 Å². The quantitative estimate of drug-likeness (QED) is 0.840. The number of benzene rings is 1. The van der Waals surface area contributed by atoms with Crippen LogP contribution < -0.4 is 14.8 Å². The minimum atomic E-state index is 0.0985. The Kier molecular flexibility index (Phi) is 5.46. The topological polar surface area (TPSA) is 30.5 Å². The van der Waals surface area contributed by atoms with Gasteiger partial charge in [0.2, 0.25) is 0 Å². The van der Waals surface area contributed by atoms with E-state index >= 15 is 0 Å². The van der Waals surface area contributed by atoms with E-state index in [1.165, 1.54) is 4.88 Å². The normalized spacial score (nSPS) is 12.2. The molecule has 1 N–H and O–H groups in total. The number of nitrogens with one attached hydrogen (secondary N) is 1. The molecule has 1 heterocycles. The van der Waals surface area contributed by atoms with Crippen LogP contribution in [0.5, 0.6) is 11.5 Å². The molecule has 0 saturated heterocycles. The summed E-state index contributed by atoms with van der Waals surface area (Å²) in [7, 11) is 3.37. The molecule has 0 bridgehead atoms. The third-order valence-corrected chi connectivity index (χ3v) is 4.79. The standard InChI is InChI=1S/C15H18BrNO2S/c1-4-17-15(14-7-10(16)9-20-14)12-8-11(18-2)5-6-13(12)19-3/h5-9,15,17H,4H2,1-3H3. The molecule has 0 fully saturated rings. The Balaban J connectivity index is 2.47. The first kappa shape index (κ1) is 15.4. The average molecular weight is 356 g/mol. The number of ether oxygens (including phenoxy) is 2. The lowest BCUT2D eigenvalue weighted by molar-refractivity contribution is 0.394. The molecule has 2 rings (SSSR count). The molecule has 5 heteroatoms. The van der Waals surface area contributed by atoms with Gasteiger partial charge in [-0.05, 0) is 46.7 Å². The highest BCUT2D eigenvalue weighted by molar-refractivity contribution is 9.10. The Hall–Kier alpha value is -1.04. The van der Waals surface area contributed by atoms with Crippen LogP contribution in [0.2, 0.25) is 0 Å². The number of hydrogen-bond donors (Lipinski definition) is 1. The van der Waals surface area contributed by atoms with E-state index in [-0.39, 0.29) is 6.04 Å². The van der Waals surface area contributed by atoms with Gasteiger partial charge in [0.05, 0.1) is 20.3 Å². The van der Waals surface area contributed by atoms with E-state index in [1.807, 2.05) is 18.2 Å². The van der Waals surface area contributed by atoms with E-state index in [9.17, 15) is 0 Å². The largest absolute Gasteiger partial charge is 0.497 e. The number of thiophene rings is 1. The summed E-state index contributed by atoms with van der Waals surface area (Å²) in [6.45, 7) is 2.98. The first-order chi connectivity index (χ1) is 9.69. The molecule has 1 atom stereocenters. The molecule has 1 aromatic heterocycles. The van der Waals surface area contributed by atoms with Crippen LogP contribution in [0.1, 0.15) is 23.4 Å². The lowest BCUT2D eigenvalue weighted by Crippen LogP contribution is -2.21. The van der Waals surface area contributed by atoms with E-state index in [0.29, 0.717) is 0 Å². The maximum Gasteiger partial charge on any atom is 0.124 e. The lowest BCUT2D eigenvalue weighted by Gasteiger charge is -2.20. The zero-order valence-corrected chi connectivity index (χ0v) is 14.2. The predicted octanol–water partition coefficient (Wildman–Crippen LogP) is 4.23. The van der Waals surface area contributed by atoms with Crippen LogP contribution in [0.4, 0.5) is 0 Å². The molecular formula is C15H18BrNO2S. The van der Waals surface area contributed by atoms with Crippen molar-refractivity contribution in [2.45, 2.75) is 13.0 Å². The molecule has 0 aliphatic heterocycles. The van der Waals surface area contributed by atoms with Gasteiger partial charge in [-0.3, -0.25) is 0 Å². The van der Waals surface area contributed by atoms with E-state index in [0.717, 1.165) is 28.1 Å². The van der Waals surface area contributed by atoms with Crippen LogP contribution in [0.25, 0.3) is 0 Å². The fourth-order valence-corrected chi connectivity index (χ4v) is 3.65. The third-order valence-electron chi connectivity index (χ3n) is 3.03.